The van der Waals surface area contributed by atoms with Crippen LogP contribution in [0.4, 0.5) is 0 Å². The van der Waals surface area contributed by atoms with E-state index < -0.39 is 11.9 Å². The Morgan fingerprint density at radius 1 is 1.24 bits per heavy atom. The number of hydrogen-bond acceptors (Lipinski definition) is 3. The minimum Gasteiger partial charge on any atom is -0.368 e. The average Bonchev–Trinajstić information content (AvgIpc) is 2.60. The Kier molecular flexibility index (Phi) is 7.92. The first-order valence-electron chi connectivity index (χ1n) is 9.51. The highest BCUT2D eigenvalue weighted by molar-refractivity contribution is 5.86. The molecule has 2 unspecified atom stereocenters. The first-order valence-corrected chi connectivity index (χ1v) is 9.51. The summed E-state index contributed by atoms with van der Waals surface area (Å²) < 4.78 is 0. The van der Waals surface area contributed by atoms with Crippen LogP contribution in [0.3, 0.4) is 0 Å². The van der Waals surface area contributed by atoms with Crippen LogP contribution in [0.5, 0.6) is 0 Å². The number of primary amides is 1. The molecular weight excluding hydrogens is 314 g/mol. The SMILES string of the molecule is CCCCCCCC(NC(=O)CC1NCCc2ccccc21)C(N)=O. The highest BCUT2D eigenvalue weighted by atomic mass is 16.2. The fourth-order valence-corrected chi connectivity index (χ4v) is 3.45. The minimum absolute atomic E-state index is 0.00281. The summed E-state index contributed by atoms with van der Waals surface area (Å²) in [5, 5.41) is 6.23. The van der Waals surface area contributed by atoms with E-state index in [1.807, 2.05) is 12.1 Å². The molecular formula is C20H31N3O2. The number of hydrogen-bond donors (Lipinski definition) is 3. The summed E-state index contributed by atoms with van der Waals surface area (Å²) in [4.78, 5) is 24.0. The molecule has 0 aromatic heterocycles. The van der Waals surface area contributed by atoms with Crippen LogP contribution in [-0.4, -0.2) is 24.4 Å². The number of unbranched alkanes of at least 4 members (excludes halogenated alkanes) is 4. The van der Waals surface area contributed by atoms with E-state index in [1.165, 1.54) is 30.4 Å². The second kappa shape index (κ2) is 10.2. The van der Waals surface area contributed by atoms with Crippen molar-refractivity contribution >= 4 is 11.8 Å². The molecule has 1 aromatic rings. The Labute approximate surface area is 150 Å². The highest BCUT2D eigenvalue weighted by Gasteiger charge is 2.24. The largest absolute Gasteiger partial charge is 0.368 e. The third-order valence-electron chi connectivity index (χ3n) is 4.88. The number of amides is 2. The van der Waals surface area contributed by atoms with Gasteiger partial charge in [0, 0.05) is 12.5 Å². The zero-order valence-electron chi connectivity index (χ0n) is 15.2. The van der Waals surface area contributed by atoms with E-state index >= 15 is 0 Å². The molecule has 0 spiro atoms. The lowest BCUT2D eigenvalue weighted by Gasteiger charge is -2.27. The van der Waals surface area contributed by atoms with E-state index in [9.17, 15) is 9.59 Å². The predicted molar refractivity (Wildman–Crippen MR) is 100 cm³/mol. The second-order valence-electron chi connectivity index (χ2n) is 6.89. The maximum Gasteiger partial charge on any atom is 0.239 e. The van der Waals surface area contributed by atoms with Crippen molar-refractivity contribution < 1.29 is 9.59 Å². The maximum atomic E-state index is 12.4. The van der Waals surface area contributed by atoms with Crippen molar-refractivity contribution in [1.29, 1.82) is 0 Å². The number of carbonyl (C=O) groups is 2. The molecule has 0 saturated carbocycles. The third kappa shape index (κ3) is 6.16. The maximum absolute atomic E-state index is 12.4. The molecule has 5 heteroatoms. The van der Waals surface area contributed by atoms with Gasteiger partial charge in [0.2, 0.25) is 11.8 Å². The van der Waals surface area contributed by atoms with Crippen molar-refractivity contribution in [3.05, 3.63) is 35.4 Å². The normalized spacial score (nSPS) is 17.6. The number of nitrogens with two attached hydrogens (primary N) is 1. The fourth-order valence-electron chi connectivity index (χ4n) is 3.45. The lowest BCUT2D eigenvalue weighted by Crippen LogP contribution is -2.45. The van der Waals surface area contributed by atoms with E-state index in [0.29, 0.717) is 12.8 Å². The van der Waals surface area contributed by atoms with Gasteiger partial charge in [0.05, 0.1) is 0 Å². The van der Waals surface area contributed by atoms with E-state index in [0.717, 1.165) is 25.8 Å². The summed E-state index contributed by atoms with van der Waals surface area (Å²) in [6.07, 6.45) is 7.49. The Morgan fingerprint density at radius 3 is 2.76 bits per heavy atom. The molecule has 1 aliphatic rings. The fraction of sp³-hybridized carbons (Fsp3) is 0.600. The molecule has 138 valence electrons. The minimum atomic E-state index is -0.562. The van der Waals surface area contributed by atoms with E-state index in [1.54, 1.807) is 0 Å². The highest BCUT2D eigenvalue weighted by Crippen LogP contribution is 2.25. The van der Waals surface area contributed by atoms with Gasteiger partial charge in [-0.15, -0.1) is 0 Å². The summed E-state index contributed by atoms with van der Waals surface area (Å²) in [6, 6.07) is 7.65. The van der Waals surface area contributed by atoms with Crippen LogP contribution < -0.4 is 16.4 Å². The van der Waals surface area contributed by atoms with Crippen LogP contribution in [0, 0.1) is 0 Å². The van der Waals surface area contributed by atoms with Gasteiger partial charge < -0.3 is 16.4 Å². The molecule has 25 heavy (non-hydrogen) atoms. The summed E-state index contributed by atoms with van der Waals surface area (Å²) in [5.74, 6) is -0.563. The van der Waals surface area contributed by atoms with Gasteiger partial charge in [-0.05, 0) is 30.5 Å². The van der Waals surface area contributed by atoms with Crippen LogP contribution >= 0.6 is 0 Å². The van der Waals surface area contributed by atoms with Gasteiger partial charge in [0.15, 0.2) is 0 Å². The molecule has 2 atom stereocenters. The van der Waals surface area contributed by atoms with Crippen molar-refractivity contribution in [3.63, 3.8) is 0 Å². The van der Waals surface area contributed by atoms with Gasteiger partial charge in [-0.1, -0.05) is 63.3 Å². The van der Waals surface area contributed by atoms with Crippen molar-refractivity contribution in [2.24, 2.45) is 5.73 Å². The number of nitrogens with one attached hydrogen (secondary N) is 2. The van der Waals surface area contributed by atoms with Crippen LogP contribution in [0.15, 0.2) is 24.3 Å². The zero-order valence-corrected chi connectivity index (χ0v) is 15.2. The lowest BCUT2D eigenvalue weighted by molar-refractivity contribution is -0.127. The molecule has 4 N–H and O–H groups in total. The second-order valence-corrected chi connectivity index (χ2v) is 6.89. The summed E-state index contributed by atoms with van der Waals surface area (Å²) in [7, 11) is 0. The summed E-state index contributed by atoms with van der Waals surface area (Å²) in [6.45, 7) is 3.04. The monoisotopic (exact) mass is 345 g/mol. The quantitative estimate of drug-likeness (QED) is 0.570. The molecule has 0 fully saturated rings. The Bertz CT molecular complexity index is 574. The van der Waals surface area contributed by atoms with Crippen LogP contribution in [-0.2, 0) is 16.0 Å². The molecule has 0 saturated heterocycles. The molecule has 1 heterocycles. The first-order chi connectivity index (χ1) is 12.1. The zero-order chi connectivity index (χ0) is 18.1. The van der Waals surface area contributed by atoms with Crippen LogP contribution in [0.2, 0.25) is 0 Å². The van der Waals surface area contributed by atoms with Gasteiger partial charge in [0.25, 0.3) is 0 Å². The van der Waals surface area contributed by atoms with Crippen molar-refractivity contribution in [2.75, 3.05) is 6.54 Å². The standard InChI is InChI=1S/C20H31N3O2/c1-2-3-4-5-6-11-17(20(21)25)23-19(24)14-18-16-10-8-7-9-15(16)12-13-22-18/h7-10,17-18,22H,2-6,11-14H2,1H3,(H2,21,25)(H,23,24). The smallest absolute Gasteiger partial charge is 0.239 e. The molecule has 2 rings (SSSR count). The van der Waals surface area contributed by atoms with Gasteiger partial charge >= 0.3 is 0 Å². The van der Waals surface area contributed by atoms with E-state index in [2.05, 4.69) is 29.7 Å². The molecule has 1 aliphatic heterocycles. The average molecular weight is 345 g/mol. The van der Waals surface area contributed by atoms with Gasteiger partial charge in [0.1, 0.15) is 6.04 Å². The molecule has 1 aromatic carbocycles. The lowest BCUT2D eigenvalue weighted by atomic mass is 9.92. The molecule has 2 amide bonds. The Hall–Kier alpha value is -1.88. The van der Waals surface area contributed by atoms with Gasteiger partial charge in [-0.25, -0.2) is 0 Å². The Morgan fingerprint density at radius 2 is 2.00 bits per heavy atom. The van der Waals surface area contributed by atoms with Gasteiger partial charge in [-0.2, -0.15) is 0 Å². The summed E-state index contributed by atoms with van der Waals surface area (Å²) in [5.41, 5.74) is 7.94. The van der Waals surface area contributed by atoms with Crippen LogP contribution in [0.25, 0.3) is 0 Å². The third-order valence-corrected chi connectivity index (χ3v) is 4.88. The van der Waals surface area contributed by atoms with Crippen molar-refractivity contribution in [1.82, 2.24) is 10.6 Å². The number of carbonyl (C=O) groups excluding carboxylic acids is 2. The molecule has 0 radical (unpaired) electrons. The number of fused-ring (bicyclic) bond motifs is 1. The Balaban J connectivity index is 1.84. The van der Waals surface area contributed by atoms with Crippen LogP contribution in [0.1, 0.15) is 69.0 Å². The number of benzene rings is 1. The van der Waals surface area contributed by atoms with Crippen molar-refractivity contribution in [3.8, 4) is 0 Å². The molecule has 0 aliphatic carbocycles. The van der Waals surface area contributed by atoms with Gasteiger partial charge in [-0.3, -0.25) is 9.59 Å². The molecule has 5 nitrogen and oxygen atoms in total. The molecule has 0 bridgehead atoms. The predicted octanol–water partition coefficient (Wildman–Crippen LogP) is 2.59. The van der Waals surface area contributed by atoms with E-state index in [-0.39, 0.29) is 11.9 Å². The summed E-state index contributed by atoms with van der Waals surface area (Å²) >= 11 is 0. The van der Waals surface area contributed by atoms with Crippen molar-refractivity contribution in [2.45, 2.75) is 70.4 Å². The van der Waals surface area contributed by atoms with E-state index in [4.69, 9.17) is 5.73 Å². The topological polar surface area (TPSA) is 84.2 Å². The first kappa shape index (κ1) is 19.4. The number of rotatable bonds is 10.